The molecule has 1 aromatic heterocycles. The van der Waals surface area contributed by atoms with Crippen LogP contribution in [0.1, 0.15) is 98.1 Å². The van der Waals surface area contributed by atoms with Crippen LogP contribution in [-0.2, 0) is 20.9 Å². The van der Waals surface area contributed by atoms with Crippen molar-refractivity contribution in [3.63, 3.8) is 0 Å². The zero-order valence-corrected chi connectivity index (χ0v) is 23.2. The number of rotatable bonds is 11. The average Bonchev–Trinajstić information content (AvgIpc) is 2.84. The lowest BCUT2D eigenvalue weighted by atomic mass is 9.78. The molecule has 9 nitrogen and oxygen atoms in total. The van der Waals surface area contributed by atoms with Gasteiger partial charge in [0.25, 0.3) is 0 Å². The van der Waals surface area contributed by atoms with Gasteiger partial charge in [0.2, 0.25) is 11.8 Å². The van der Waals surface area contributed by atoms with Gasteiger partial charge in [-0.15, -0.1) is 0 Å². The molecule has 0 aromatic carbocycles. The van der Waals surface area contributed by atoms with E-state index in [0.717, 1.165) is 37.0 Å². The maximum atomic E-state index is 13.7. The Labute approximate surface area is 221 Å². The van der Waals surface area contributed by atoms with Crippen LogP contribution < -0.4 is 11.1 Å². The minimum atomic E-state index is -1.90. The van der Waals surface area contributed by atoms with Crippen LogP contribution in [0.2, 0.25) is 0 Å². The summed E-state index contributed by atoms with van der Waals surface area (Å²) < 4.78 is 5.54. The number of nitrogens with two attached hydrogens (primary N) is 1. The zero-order chi connectivity index (χ0) is 27.6. The topological polar surface area (TPSA) is 135 Å². The van der Waals surface area contributed by atoms with E-state index in [4.69, 9.17) is 10.5 Å². The number of carbonyl (C=O) groups excluding carboxylic acids is 3. The molecule has 4 N–H and O–H groups in total. The molecule has 0 radical (unpaired) electrons. The van der Waals surface area contributed by atoms with Gasteiger partial charge in [0, 0.05) is 18.7 Å². The fourth-order valence-corrected chi connectivity index (χ4v) is 4.76. The highest BCUT2D eigenvalue weighted by Crippen LogP contribution is 2.32. The van der Waals surface area contributed by atoms with Crippen molar-refractivity contribution in [2.24, 2.45) is 11.7 Å². The van der Waals surface area contributed by atoms with Crippen molar-refractivity contribution in [2.75, 3.05) is 0 Å². The number of nitrogens with zero attached hydrogens (tertiary/aromatic N) is 2. The molecule has 1 heterocycles. The fourth-order valence-electron chi connectivity index (χ4n) is 4.76. The number of hydrogen-bond donors (Lipinski definition) is 3. The highest BCUT2D eigenvalue weighted by atomic mass is 16.6. The summed E-state index contributed by atoms with van der Waals surface area (Å²) in [5, 5.41) is 14.6. The van der Waals surface area contributed by atoms with E-state index >= 15 is 0 Å². The highest BCUT2D eigenvalue weighted by molar-refractivity contribution is 5.98. The van der Waals surface area contributed by atoms with E-state index in [2.05, 4.69) is 10.3 Å². The van der Waals surface area contributed by atoms with Crippen LogP contribution in [0.25, 0.3) is 0 Å². The maximum absolute atomic E-state index is 13.7. The minimum Gasteiger partial charge on any atom is -0.443 e. The van der Waals surface area contributed by atoms with Crippen molar-refractivity contribution < 1.29 is 24.2 Å². The van der Waals surface area contributed by atoms with Crippen LogP contribution in [0.3, 0.4) is 0 Å². The lowest BCUT2D eigenvalue weighted by Gasteiger charge is -2.43. The molecule has 0 bridgehead atoms. The van der Waals surface area contributed by atoms with Crippen LogP contribution in [-0.4, -0.2) is 56.2 Å². The number of pyridine rings is 1. The number of carbonyl (C=O) groups is 3. The summed E-state index contributed by atoms with van der Waals surface area (Å²) in [7, 11) is 0. The van der Waals surface area contributed by atoms with Crippen molar-refractivity contribution in [1.82, 2.24) is 15.2 Å². The number of aliphatic hydroxyl groups is 1. The predicted octanol–water partition coefficient (Wildman–Crippen LogP) is 4.07. The Morgan fingerprint density at radius 3 is 2.43 bits per heavy atom. The van der Waals surface area contributed by atoms with Gasteiger partial charge < -0.3 is 20.9 Å². The van der Waals surface area contributed by atoms with Gasteiger partial charge >= 0.3 is 6.09 Å². The number of nitrogens with one attached hydrogen (secondary N) is 1. The third-order valence-corrected chi connectivity index (χ3v) is 6.90. The second kappa shape index (κ2) is 13.9. The third kappa shape index (κ3) is 9.38. The van der Waals surface area contributed by atoms with Gasteiger partial charge in [0.1, 0.15) is 11.2 Å². The number of aromatic nitrogens is 1. The molecule has 1 aliphatic carbocycles. The molecule has 0 saturated heterocycles. The Morgan fingerprint density at radius 1 is 1.19 bits per heavy atom. The molecule has 3 amide bonds. The first-order valence-electron chi connectivity index (χ1n) is 13.6. The van der Waals surface area contributed by atoms with Crippen molar-refractivity contribution in [1.29, 1.82) is 0 Å². The molecule has 0 spiro atoms. The Hall–Kier alpha value is -2.52. The van der Waals surface area contributed by atoms with Crippen molar-refractivity contribution in [2.45, 2.75) is 122 Å². The zero-order valence-electron chi connectivity index (χ0n) is 23.2. The molecule has 1 aromatic rings. The van der Waals surface area contributed by atoms with Gasteiger partial charge in [-0.05, 0) is 58.6 Å². The Bertz CT molecular complexity index is 878. The van der Waals surface area contributed by atoms with Crippen molar-refractivity contribution >= 4 is 17.9 Å². The van der Waals surface area contributed by atoms with Gasteiger partial charge in [-0.2, -0.15) is 0 Å². The average molecular weight is 519 g/mol. The second-order valence-electron chi connectivity index (χ2n) is 11.4. The SMILES string of the molecule is CCCCC(=O)N(C(=O)OC(C)(C)C)[C@H](C(=O)NCc1ccccn1)[C@@](C)(O)[C@@H](N)CC1CCCCC1. The first kappa shape index (κ1) is 30.7. The molecule has 2 rings (SSSR count). The van der Waals surface area contributed by atoms with Gasteiger partial charge in [0.15, 0.2) is 6.04 Å². The van der Waals surface area contributed by atoms with Crippen LogP contribution in [0.15, 0.2) is 24.4 Å². The number of imide groups is 1. The van der Waals surface area contributed by atoms with Gasteiger partial charge in [0.05, 0.1) is 12.2 Å². The molecule has 0 unspecified atom stereocenters. The summed E-state index contributed by atoms with van der Waals surface area (Å²) in [6.07, 6.45) is 7.80. The molecular formula is C28H46N4O5. The normalized spacial score (nSPS) is 17.8. The molecular weight excluding hydrogens is 472 g/mol. The van der Waals surface area contributed by atoms with E-state index in [0.29, 0.717) is 24.5 Å². The van der Waals surface area contributed by atoms with Crippen LogP contribution >= 0.6 is 0 Å². The standard InChI is InChI=1S/C28H46N4O5/c1-6-7-16-23(33)32(26(35)37-27(2,3)4)24(25(34)31-19-21-15-11-12-17-30-21)28(5,36)22(29)18-20-13-9-8-10-14-20/h11-12,15,17,20,22,24,36H,6-10,13-14,16,18-19,29H2,1-5H3,(H,31,34)/t22-,24+,28-/m0/s1. The van der Waals surface area contributed by atoms with Gasteiger partial charge in [-0.1, -0.05) is 51.5 Å². The quantitative estimate of drug-likeness (QED) is 0.402. The summed E-state index contributed by atoms with van der Waals surface area (Å²) in [5.74, 6) is -0.956. The number of hydrogen-bond acceptors (Lipinski definition) is 7. The number of ether oxygens (including phenoxy) is 1. The second-order valence-corrected chi connectivity index (χ2v) is 11.4. The molecule has 3 atom stereocenters. The Balaban J connectivity index is 2.43. The summed E-state index contributed by atoms with van der Waals surface area (Å²) in [5.41, 5.74) is 4.35. The van der Waals surface area contributed by atoms with Crippen molar-refractivity contribution in [3.8, 4) is 0 Å². The maximum Gasteiger partial charge on any atom is 0.417 e. The number of unbranched alkanes of at least 4 members (excludes halogenated alkanes) is 1. The minimum absolute atomic E-state index is 0.0354. The Kier molecular flexibility index (Phi) is 11.5. The highest BCUT2D eigenvalue weighted by Gasteiger charge is 2.50. The summed E-state index contributed by atoms with van der Waals surface area (Å²) in [6.45, 7) is 8.48. The molecule has 1 aliphatic rings. The van der Waals surface area contributed by atoms with Crippen LogP contribution in [0, 0.1) is 5.92 Å². The first-order valence-corrected chi connectivity index (χ1v) is 13.6. The molecule has 37 heavy (non-hydrogen) atoms. The van der Waals surface area contributed by atoms with E-state index in [1.54, 1.807) is 45.2 Å². The van der Waals surface area contributed by atoms with Gasteiger partial charge in [-0.3, -0.25) is 14.6 Å². The monoisotopic (exact) mass is 518 g/mol. The smallest absolute Gasteiger partial charge is 0.417 e. The summed E-state index contributed by atoms with van der Waals surface area (Å²) >= 11 is 0. The molecule has 0 aliphatic heterocycles. The molecule has 208 valence electrons. The van der Waals surface area contributed by atoms with Crippen LogP contribution in [0.4, 0.5) is 4.79 Å². The Morgan fingerprint density at radius 2 is 1.86 bits per heavy atom. The van der Waals surface area contributed by atoms with E-state index < -0.39 is 41.2 Å². The van der Waals surface area contributed by atoms with E-state index in [-0.39, 0.29) is 13.0 Å². The largest absolute Gasteiger partial charge is 0.443 e. The lowest BCUT2D eigenvalue weighted by Crippen LogP contribution is -2.68. The van der Waals surface area contributed by atoms with E-state index in [1.165, 1.54) is 13.3 Å². The summed E-state index contributed by atoms with van der Waals surface area (Å²) in [4.78, 5) is 45.5. The lowest BCUT2D eigenvalue weighted by molar-refractivity contribution is -0.151. The third-order valence-electron chi connectivity index (χ3n) is 6.90. The van der Waals surface area contributed by atoms with E-state index in [9.17, 15) is 19.5 Å². The predicted molar refractivity (Wildman–Crippen MR) is 142 cm³/mol. The number of amides is 3. The summed E-state index contributed by atoms with van der Waals surface area (Å²) in [6, 6.07) is 2.89. The van der Waals surface area contributed by atoms with E-state index in [1.807, 2.05) is 6.92 Å². The first-order chi connectivity index (χ1) is 17.4. The van der Waals surface area contributed by atoms with Crippen molar-refractivity contribution in [3.05, 3.63) is 30.1 Å². The molecule has 1 fully saturated rings. The van der Waals surface area contributed by atoms with Gasteiger partial charge in [-0.25, -0.2) is 9.69 Å². The fraction of sp³-hybridized carbons (Fsp3) is 0.714. The van der Waals surface area contributed by atoms with Crippen LogP contribution in [0.5, 0.6) is 0 Å². The molecule has 1 saturated carbocycles. The molecule has 9 heteroatoms.